The molecule has 0 radical (unpaired) electrons. The Kier molecular flexibility index (Phi) is 10.6. The Morgan fingerprint density at radius 1 is 0.577 bits per heavy atom. The molecule has 148 valence electrons. The molecular formula is C16H24O10. The first-order valence-corrected chi connectivity index (χ1v) is 7.79. The Morgan fingerprint density at radius 2 is 1.00 bits per heavy atom. The highest BCUT2D eigenvalue weighted by Crippen LogP contribution is 2.16. The molecule has 0 aromatic carbocycles. The van der Waals surface area contributed by atoms with Crippen LogP contribution in [0.5, 0.6) is 0 Å². The minimum Gasteiger partial charge on any atom is -0.462 e. The van der Waals surface area contributed by atoms with E-state index in [0.29, 0.717) is 0 Å². The van der Waals surface area contributed by atoms with Gasteiger partial charge < -0.3 is 23.7 Å². The van der Waals surface area contributed by atoms with E-state index in [1.807, 2.05) is 0 Å². The van der Waals surface area contributed by atoms with Gasteiger partial charge in [-0.25, -0.2) is 0 Å². The van der Waals surface area contributed by atoms with Gasteiger partial charge in [-0.2, -0.15) is 0 Å². The Hall–Kier alpha value is -2.65. The lowest BCUT2D eigenvalue weighted by Crippen LogP contribution is -2.42. The molecule has 0 unspecified atom stereocenters. The van der Waals surface area contributed by atoms with Gasteiger partial charge >= 0.3 is 29.8 Å². The summed E-state index contributed by atoms with van der Waals surface area (Å²) in [6, 6.07) is 0. The van der Waals surface area contributed by atoms with E-state index < -0.39 is 48.2 Å². The second-order valence-electron chi connectivity index (χ2n) is 5.37. The van der Waals surface area contributed by atoms with E-state index in [0.717, 1.165) is 27.7 Å². The van der Waals surface area contributed by atoms with E-state index in [4.69, 9.17) is 23.7 Å². The maximum Gasteiger partial charge on any atom is 0.303 e. The fraction of sp³-hybridized carbons (Fsp3) is 0.688. The lowest BCUT2D eigenvalue weighted by Gasteiger charge is -2.28. The van der Waals surface area contributed by atoms with Crippen molar-refractivity contribution in [2.24, 2.45) is 0 Å². The lowest BCUT2D eigenvalue weighted by atomic mass is 10.1. The Balaban J connectivity index is 5.34. The molecule has 26 heavy (non-hydrogen) atoms. The fourth-order valence-corrected chi connectivity index (χ4v) is 1.97. The number of hydrogen-bond donors (Lipinski definition) is 0. The van der Waals surface area contributed by atoms with Gasteiger partial charge in [-0.3, -0.25) is 24.0 Å². The predicted molar refractivity (Wildman–Crippen MR) is 84.5 cm³/mol. The Labute approximate surface area is 151 Å². The number of carbonyl (C=O) groups is 5. The normalized spacial score (nSPS) is 13.6. The van der Waals surface area contributed by atoms with Crippen LogP contribution in [-0.4, -0.2) is 61.4 Å². The van der Waals surface area contributed by atoms with Crippen LogP contribution >= 0.6 is 0 Å². The van der Waals surface area contributed by atoms with E-state index in [2.05, 4.69) is 0 Å². The molecule has 0 aromatic rings. The van der Waals surface area contributed by atoms with Crippen LogP contribution in [0, 0.1) is 0 Å². The van der Waals surface area contributed by atoms with Crippen LogP contribution in [0.3, 0.4) is 0 Å². The quantitative estimate of drug-likeness (QED) is 0.387. The summed E-state index contributed by atoms with van der Waals surface area (Å²) in [6.45, 7) is 5.11. The van der Waals surface area contributed by atoms with Crippen LogP contribution in [0.4, 0.5) is 0 Å². The molecule has 0 rings (SSSR count). The maximum absolute atomic E-state index is 11.4. The zero-order chi connectivity index (χ0) is 20.3. The number of ether oxygens (including phenoxy) is 5. The molecule has 0 amide bonds. The summed E-state index contributed by atoms with van der Waals surface area (Å²) in [6.07, 6.45) is -3.34. The summed E-state index contributed by atoms with van der Waals surface area (Å²) in [5.41, 5.74) is 0. The fourth-order valence-electron chi connectivity index (χ4n) is 1.97. The summed E-state index contributed by atoms with van der Waals surface area (Å²) >= 11 is 0. The van der Waals surface area contributed by atoms with Gasteiger partial charge in [-0.15, -0.1) is 0 Å². The Morgan fingerprint density at radius 3 is 1.42 bits per heavy atom. The minimum atomic E-state index is -1.13. The molecule has 0 aliphatic rings. The van der Waals surface area contributed by atoms with Crippen molar-refractivity contribution in [3.63, 3.8) is 0 Å². The summed E-state index contributed by atoms with van der Waals surface area (Å²) in [5.74, 6) is -3.25. The van der Waals surface area contributed by atoms with E-state index in [-0.39, 0.29) is 19.6 Å². The van der Waals surface area contributed by atoms with Crippen LogP contribution < -0.4 is 0 Å². The molecule has 0 aliphatic carbocycles. The van der Waals surface area contributed by atoms with Crippen molar-refractivity contribution in [1.82, 2.24) is 0 Å². The molecule has 0 spiro atoms. The zero-order valence-corrected chi connectivity index (χ0v) is 15.4. The first kappa shape index (κ1) is 23.4. The third-order valence-corrected chi connectivity index (χ3v) is 2.80. The average Bonchev–Trinajstić information content (AvgIpc) is 2.46. The third kappa shape index (κ3) is 11.8. The van der Waals surface area contributed by atoms with Crippen LogP contribution in [0.15, 0.2) is 0 Å². The maximum atomic E-state index is 11.4. The third-order valence-electron chi connectivity index (χ3n) is 2.80. The monoisotopic (exact) mass is 376 g/mol. The summed E-state index contributed by atoms with van der Waals surface area (Å²) in [5, 5.41) is 0. The highest BCUT2D eigenvalue weighted by Gasteiger charge is 2.32. The van der Waals surface area contributed by atoms with Gasteiger partial charge in [0.25, 0.3) is 0 Å². The second kappa shape index (κ2) is 11.8. The summed E-state index contributed by atoms with van der Waals surface area (Å²) in [7, 11) is 0. The molecular weight excluding hydrogens is 352 g/mol. The van der Waals surface area contributed by atoms with Crippen molar-refractivity contribution in [3.05, 3.63) is 0 Å². The van der Waals surface area contributed by atoms with Crippen molar-refractivity contribution >= 4 is 29.8 Å². The SMILES string of the molecule is CC(=O)OC[C@H](C[C@H](OC(C)=O)[C@@H](COC(C)=O)OC(C)=O)OC(C)=O. The van der Waals surface area contributed by atoms with Crippen LogP contribution in [0.2, 0.25) is 0 Å². The molecule has 0 aliphatic heterocycles. The molecule has 0 heterocycles. The largest absolute Gasteiger partial charge is 0.462 e. The number of rotatable bonds is 10. The molecule has 0 N–H and O–H groups in total. The molecule has 0 aromatic heterocycles. The zero-order valence-electron chi connectivity index (χ0n) is 15.4. The number of esters is 5. The van der Waals surface area contributed by atoms with Gasteiger partial charge in [0, 0.05) is 41.0 Å². The molecule has 0 fully saturated rings. The molecule has 10 nitrogen and oxygen atoms in total. The van der Waals surface area contributed by atoms with Crippen molar-refractivity contribution in [2.75, 3.05) is 13.2 Å². The predicted octanol–water partition coefficient (Wildman–Crippen LogP) is 0.298. The summed E-state index contributed by atoms with van der Waals surface area (Å²) < 4.78 is 24.9. The van der Waals surface area contributed by atoms with E-state index in [9.17, 15) is 24.0 Å². The van der Waals surface area contributed by atoms with Gasteiger partial charge in [-0.1, -0.05) is 0 Å². The second-order valence-corrected chi connectivity index (χ2v) is 5.37. The first-order valence-electron chi connectivity index (χ1n) is 7.79. The average molecular weight is 376 g/mol. The van der Waals surface area contributed by atoms with Gasteiger partial charge in [0.2, 0.25) is 0 Å². The van der Waals surface area contributed by atoms with Crippen molar-refractivity contribution in [3.8, 4) is 0 Å². The molecule has 0 bridgehead atoms. The van der Waals surface area contributed by atoms with E-state index >= 15 is 0 Å². The minimum absolute atomic E-state index is 0.147. The smallest absolute Gasteiger partial charge is 0.303 e. The summed E-state index contributed by atoms with van der Waals surface area (Å²) in [4.78, 5) is 55.9. The van der Waals surface area contributed by atoms with Crippen molar-refractivity contribution in [2.45, 2.75) is 59.4 Å². The number of hydrogen-bond acceptors (Lipinski definition) is 10. The standard InChI is InChI=1S/C16H24O10/c1-9(17)22-7-14(24-11(3)19)6-15(25-12(4)20)16(26-13(5)21)8-23-10(2)18/h14-16H,6-8H2,1-5H3/t14-,15-,16+/m0/s1. The van der Waals surface area contributed by atoms with E-state index in [1.165, 1.54) is 6.92 Å². The number of carbonyl (C=O) groups excluding carboxylic acids is 5. The Bertz CT molecular complexity index is 527. The lowest BCUT2D eigenvalue weighted by molar-refractivity contribution is -0.178. The molecule has 10 heteroatoms. The van der Waals surface area contributed by atoms with Gasteiger partial charge in [-0.05, 0) is 0 Å². The van der Waals surface area contributed by atoms with Gasteiger partial charge in [0.05, 0.1) is 0 Å². The van der Waals surface area contributed by atoms with Crippen LogP contribution in [-0.2, 0) is 47.7 Å². The molecule has 0 saturated carbocycles. The van der Waals surface area contributed by atoms with Crippen molar-refractivity contribution in [1.29, 1.82) is 0 Å². The van der Waals surface area contributed by atoms with Crippen LogP contribution in [0.25, 0.3) is 0 Å². The van der Waals surface area contributed by atoms with Gasteiger partial charge in [0.1, 0.15) is 25.4 Å². The van der Waals surface area contributed by atoms with Gasteiger partial charge in [0.15, 0.2) is 6.10 Å². The topological polar surface area (TPSA) is 132 Å². The molecule has 3 atom stereocenters. The van der Waals surface area contributed by atoms with Crippen LogP contribution in [0.1, 0.15) is 41.0 Å². The van der Waals surface area contributed by atoms with E-state index in [1.54, 1.807) is 0 Å². The highest BCUT2D eigenvalue weighted by atomic mass is 16.6. The molecule has 0 saturated heterocycles. The first-order chi connectivity index (χ1) is 12.0. The van der Waals surface area contributed by atoms with Crippen molar-refractivity contribution < 1.29 is 47.7 Å². The highest BCUT2D eigenvalue weighted by molar-refractivity contribution is 5.68.